The summed E-state index contributed by atoms with van der Waals surface area (Å²) in [6, 6.07) is 15.3. The van der Waals surface area contributed by atoms with Gasteiger partial charge in [-0.3, -0.25) is 0 Å². The van der Waals surface area contributed by atoms with Gasteiger partial charge in [0.1, 0.15) is 17.9 Å². The van der Waals surface area contributed by atoms with Gasteiger partial charge in [0, 0.05) is 10.1 Å². The molecule has 112 valence electrons. The van der Waals surface area contributed by atoms with Crippen molar-refractivity contribution in [3.63, 3.8) is 0 Å². The monoisotopic (exact) mass is 312 g/mol. The maximum atomic E-state index is 12.4. The third kappa shape index (κ3) is 2.97. The zero-order valence-corrected chi connectivity index (χ0v) is 13.1. The van der Waals surface area contributed by atoms with E-state index in [2.05, 4.69) is 0 Å². The van der Waals surface area contributed by atoms with E-state index in [9.17, 15) is 4.79 Å². The first-order chi connectivity index (χ1) is 10.8. The topological polar surface area (TPSA) is 35.5 Å². The third-order valence-corrected chi connectivity index (χ3v) is 4.19. The summed E-state index contributed by atoms with van der Waals surface area (Å²) < 4.78 is 12.2. The molecule has 0 saturated carbocycles. The molecule has 3 nitrogen and oxygen atoms in total. The van der Waals surface area contributed by atoms with Gasteiger partial charge in [0.15, 0.2) is 0 Å². The van der Waals surface area contributed by atoms with Crippen molar-refractivity contribution in [3.8, 4) is 5.75 Å². The van der Waals surface area contributed by atoms with Crippen LogP contribution in [-0.2, 0) is 11.3 Å². The first-order valence-corrected chi connectivity index (χ1v) is 8.01. The van der Waals surface area contributed by atoms with Crippen LogP contribution in [0.15, 0.2) is 53.9 Å². The van der Waals surface area contributed by atoms with Gasteiger partial charge in [-0.05, 0) is 36.1 Å². The normalized spacial score (nSPS) is 10.6. The van der Waals surface area contributed by atoms with Crippen LogP contribution in [0.1, 0.15) is 22.8 Å². The minimum atomic E-state index is -0.361. The van der Waals surface area contributed by atoms with Gasteiger partial charge in [0.05, 0.1) is 6.61 Å². The van der Waals surface area contributed by atoms with Crippen LogP contribution >= 0.6 is 11.3 Å². The van der Waals surface area contributed by atoms with Gasteiger partial charge in [0.25, 0.3) is 0 Å². The highest BCUT2D eigenvalue weighted by Crippen LogP contribution is 2.33. The minimum Gasteiger partial charge on any atom is -0.492 e. The maximum absolute atomic E-state index is 12.4. The molecule has 0 unspecified atom stereocenters. The Bertz CT molecular complexity index is 777. The van der Waals surface area contributed by atoms with Crippen LogP contribution in [0, 0.1) is 0 Å². The molecule has 0 bridgehead atoms. The molecule has 0 fully saturated rings. The van der Waals surface area contributed by atoms with Crippen LogP contribution in [0.3, 0.4) is 0 Å². The highest BCUT2D eigenvalue weighted by molar-refractivity contribution is 7.17. The van der Waals surface area contributed by atoms with Crippen molar-refractivity contribution in [2.75, 3.05) is 6.61 Å². The second-order valence-corrected chi connectivity index (χ2v) is 5.72. The van der Waals surface area contributed by atoms with Gasteiger partial charge in [-0.1, -0.05) is 30.3 Å². The molecule has 4 heteroatoms. The zero-order chi connectivity index (χ0) is 15.4. The van der Waals surface area contributed by atoms with Crippen LogP contribution in [0.5, 0.6) is 5.75 Å². The largest absolute Gasteiger partial charge is 0.492 e. The fourth-order valence-electron chi connectivity index (χ4n) is 2.28. The lowest BCUT2D eigenvalue weighted by Crippen LogP contribution is -2.08. The number of hydrogen-bond donors (Lipinski definition) is 0. The Morgan fingerprint density at radius 2 is 1.91 bits per heavy atom. The molecule has 0 saturated heterocycles. The van der Waals surface area contributed by atoms with Crippen LogP contribution < -0.4 is 4.74 Å². The molecule has 2 aromatic carbocycles. The summed E-state index contributed by atoms with van der Waals surface area (Å²) in [5, 5.41) is 2.95. The summed E-state index contributed by atoms with van der Waals surface area (Å²) in [4.78, 5) is 12.4. The molecule has 1 aromatic heterocycles. The Balaban J connectivity index is 1.85. The third-order valence-electron chi connectivity index (χ3n) is 3.31. The van der Waals surface area contributed by atoms with Crippen molar-refractivity contribution < 1.29 is 14.3 Å². The molecule has 3 aromatic rings. The molecule has 0 spiro atoms. The summed E-state index contributed by atoms with van der Waals surface area (Å²) in [6.45, 7) is 2.67. The van der Waals surface area contributed by atoms with Crippen LogP contribution in [0.2, 0.25) is 0 Å². The second kappa shape index (κ2) is 6.62. The predicted molar refractivity (Wildman–Crippen MR) is 88.6 cm³/mol. The first kappa shape index (κ1) is 14.6. The second-order valence-electron chi connectivity index (χ2n) is 4.77. The smallest absolute Gasteiger partial charge is 0.342 e. The van der Waals surface area contributed by atoms with Crippen molar-refractivity contribution in [3.05, 3.63) is 65.0 Å². The number of carbonyl (C=O) groups is 1. The molecule has 22 heavy (non-hydrogen) atoms. The van der Waals surface area contributed by atoms with Gasteiger partial charge < -0.3 is 9.47 Å². The SMILES string of the molecule is CCOc1c(C(=O)OCc2ccccc2)ccc2sccc12. The average molecular weight is 312 g/mol. The van der Waals surface area contributed by atoms with Gasteiger partial charge in [-0.25, -0.2) is 4.79 Å². The molecule has 0 radical (unpaired) electrons. The standard InChI is InChI=1S/C18H16O3S/c1-2-20-17-14-10-11-22-16(14)9-8-15(17)18(19)21-12-13-6-4-3-5-7-13/h3-11H,2,12H2,1H3. The van der Waals surface area contributed by atoms with Gasteiger partial charge in [-0.15, -0.1) is 11.3 Å². The van der Waals surface area contributed by atoms with E-state index >= 15 is 0 Å². The molecule has 1 heterocycles. The number of esters is 1. The fourth-order valence-corrected chi connectivity index (χ4v) is 3.06. The Morgan fingerprint density at radius 1 is 1.09 bits per heavy atom. The van der Waals surface area contributed by atoms with E-state index in [0.717, 1.165) is 15.6 Å². The number of rotatable bonds is 5. The molecule has 0 aliphatic heterocycles. The Kier molecular flexibility index (Phi) is 4.39. The maximum Gasteiger partial charge on any atom is 0.342 e. The minimum absolute atomic E-state index is 0.257. The Labute approximate surface area is 133 Å². The number of hydrogen-bond acceptors (Lipinski definition) is 4. The summed E-state index contributed by atoms with van der Waals surface area (Å²) in [6.07, 6.45) is 0. The van der Waals surface area contributed by atoms with E-state index in [-0.39, 0.29) is 12.6 Å². The quantitative estimate of drug-likeness (QED) is 0.643. The van der Waals surface area contributed by atoms with Crippen molar-refractivity contribution in [1.82, 2.24) is 0 Å². The van der Waals surface area contributed by atoms with Gasteiger partial charge >= 0.3 is 5.97 Å². The molecule has 0 aliphatic carbocycles. The summed E-state index contributed by atoms with van der Waals surface area (Å²) in [5.41, 5.74) is 1.44. The zero-order valence-electron chi connectivity index (χ0n) is 12.2. The predicted octanol–water partition coefficient (Wildman–Crippen LogP) is 4.66. The molecule has 0 atom stereocenters. The Morgan fingerprint density at radius 3 is 2.68 bits per heavy atom. The van der Waals surface area contributed by atoms with Gasteiger partial charge in [0.2, 0.25) is 0 Å². The number of fused-ring (bicyclic) bond motifs is 1. The number of benzene rings is 2. The van der Waals surface area contributed by atoms with Crippen LogP contribution in [0.4, 0.5) is 0 Å². The average Bonchev–Trinajstić information content (AvgIpc) is 3.03. The lowest BCUT2D eigenvalue weighted by Gasteiger charge is -2.11. The number of carbonyl (C=O) groups excluding carboxylic acids is 1. The Hall–Kier alpha value is -2.33. The molecule has 0 aliphatic rings. The molecular weight excluding hydrogens is 296 g/mol. The van der Waals surface area contributed by atoms with Crippen LogP contribution in [-0.4, -0.2) is 12.6 Å². The van der Waals surface area contributed by atoms with E-state index in [1.54, 1.807) is 17.4 Å². The lowest BCUT2D eigenvalue weighted by atomic mass is 10.1. The van der Waals surface area contributed by atoms with E-state index in [0.29, 0.717) is 17.9 Å². The molecule has 0 amide bonds. The highest BCUT2D eigenvalue weighted by Gasteiger charge is 2.17. The summed E-state index contributed by atoms with van der Waals surface area (Å²) in [7, 11) is 0. The van der Waals surface area contributed by atoms with Gasteiger partial charge in [-0.2, -0.15) is 0 Å². The lowest BCUT2D eigenvalue weighted by molar-refractivity contribution is 0.0468. The molecule has 3 rings (SSSR count). The van der Waals surface area contributed by atoms with E-state index in [4.69, 9.17) is 9.47 Å². The number of ether oxygens (including phenoxy) is 2. The fraction of sp³-hybridized carbons (Fsp3) is 0.167. The number of thiophene rings is 1. The van der Waals surface area contributed by atoms with Crippen molar-refractivity contribution in [1.29, 1.82) is 0 Å². The first-order valence-electron chi connectivity index (χ1n) is 7.13. The van der Waals surface area contributed by atoms with Crippen molar-refractivity contribution in [2.45, 2.75) is 13.5 Å². The summed E-state index contributed by atoms with van der Waals surface area (Å²) >= 11 is 1.63. The van der Waals surface area contributed by atoms with Crippen LogP contribution in [0.25, 0.3) is 10.1 Å². The van der Waals surface area contributed by atoms with E-state index in [1.165, 1.54) is 0 Å². The van der Waals surface area contributed by atoms with Crippen molar-refractivity contribution >= 4 is 27.4 Å². The van der Waals surface area contributed by atoms with E-state index < -0.39 is 0 Å². The molecule has 0 N–H and O–H groups in total. The van der Waals surface area contributed by atoms with Crippen molar-refractivity contribution in [2.24, 2.45) is 0 Å². The van der Waals surface area contributed by atoms with E-state index in [1.807, 2.05) is 54.8 Å². The highest BCUT2D eigenvalue weighted by atomic mass is 32.1. The summed E-state index contributed by atoms with van der Waals surface area (Å²) in [5.74, 6) is 0.250. The molecular formula is C18H16O3S.